The van der Waals surface area contributed by atoms with E-state index in [4.69, 9.17) is 16.3 Å². The van der Waals surface area contributed by atoms with E-state index in [1.54, 1.807) is 42.1 Å². The molecule has 4 rings (SSSR count). The Morgan fingerprint density at radius 2 is 1.94 bits per heavy atom. The number of ether oxygens (including phenoxy) is 1. The number of nitrogens with one attached hydrogen (secondary N) is 2. The van der Waals surface area contributed by atoms with Gasteiger partial charge in [0, 0.05) is 16.7 Å². The molecular formula is C21H18ClN5O3S. The quantitative estimate of drug-likeness (QED) is 0.460. The average Bonchev–Trinajstić information content (AvgIpc) is 3.34. The molecule has 0 aliphatic carbocycles. The highest BCUT2D eigenvalue weighted by Gasteiger charge is 2.16. The summed E-state index contributed by atoms with van der Waals surface area (Å²) < 4.78 is 7.77. The van der Waals surface area contributed by atoms with E-state index in [1.165, 1.54) is 11.3 Å². The third-order valence-electron chi connectivity index (χ3n) is 4.38. The van der Waals surface area contributed by atoms with Crippen LogP contribution in [0.3, 0.4) is 0 Å². The van der Waals surface area contributed by atoms with E-state index in [2.05, 4.69) is 20.7 Å². The molecule has 0 unspecified atom stereocenters. The van der Waals surface area contributed by atoms with Gasteiger partial charge in [0.05, 0.1) is 29.6 Å². The number of benzene rings is 2. The van der Waals surface area contributed by atoms with Crippen LogP contribution in [0.1, 0.15) is 16.1 Å². The summed E-state index contributed by atoms with van der Waals surface area (Å²) in [6.07, 6.45) is 0. The summed E-state index contributed by atoms with van der Waals surface area (Å²) in [7, 11) is 1.61. The summed E-state index contributed by atoms with van der Waals surface area (Å²) in [6.45, 7) is 1.63. The normalized spacial score (nSPS) is 10.8. The molecule has 0 atom stereocenters. The number of aryl methyl sites for hydroxylation is 1. The molecule has 10 heteroatoms. The van der Waals surface area contributed by atoms with Crippen LogP contribution in [0.5, 0.6) is 5.75 Å². The lowest BCUT2D eigenvalue weighted by Crippen LogP contribution is -2.33. The Morgan fingerprint density at radius 1 is 1.16 bits per heavy atom. The van der Waals surface area contributed by atoms with Gasteiger partial charge < -0.3 is 15.4 Å². The zero-order valence-electron chi connectivity index (χ0n) is 16.7. The fraction of sp³-hybridized carbons (Fsp3) is 0.143. The fourth-order valence-electron chi connectivity index (χ4n) is 2.90. The van der Waals surface area contributed by atoms with Crippen LogP contribution in [0.4, 0.5) is 5.82 Å². The highest BCUT2D eigenvalue weighted by Crippen LogP contribution is 2.29. The van der Waals surface area contributed by atoms with E-state index in [0.29, 0.717) is 21.5 Å². The molecule has 2 N–H and O–H groups in total. The Morgan fingerprint density at radius 3 is 2.68 bits per heavy atom. The Hall–Kier alpha value is -3.43. The highest BCUT2D eigenvalue weighted by molar-refractivity contribution is 7.20. The van der Waals surface area contributed by atoms with Crippen molar-refractivity contribution in [2.75, 3.05) is 19.0 Å². The Balaban J connectivity index is 1.47. The number of nitrogens with zero attached hydrogens (tertiary/aromatic N) is 3. The molecule has 2 aromatic heterocycles. The highest BCUT2D eigenvalue weighted by atomic mass is 35.5. The van der Waals surface area contributed by atoms with Crippen molar-refractivity contribution in [2.24, 2.45) is 0 Å². The molecule has 31 heavy (non-hydrogen) atoms. The first-order valence-corrected chi connectivity index (χ1v) is 10.5. The van der Waals surface area contributed by atoms with Crippen molar-refractivity contribution in [3.63, 3.8) is 0 Å². The maximum absolute atomic E-state index is 12.4. The van der Waals surface area contributed by atoms with Crippen molar-refractivity contribution < 1.29 is 14.3 Å². The number of amides is 2. The second-order valence-electron chi connectivity index (χ2n) is 6.65. The number of halogens is 1. The second-order valence-corrected chi connectivity index (χ2v) is 8.10. The molecule has 2 aromatic carbocycles. The van der Waals surface area contributed by atoms with Crippen molar-refractivity contribution in [2.45, 2.75) is 6.92 Å². The van der Waals surface area contributed by atoms with Gasteiger partial charge >= 0.3 is 0 Å². The molecule has 0 fully saturated rings. The molecule has 8 nitrogen and oxygen atoms in total. The van der Waals surface area contributed by atoms with Crippen LogP contribution in [0.2, 0.25) is 5.02 Å². The summed E-state index contributed by atoms with van der Waals surface area (Å²) in [5.74, 6) is 0.460. The summed E-state index contributed by atoms with van der Waals surface area (Å²) in [4.78, 5) is 29.2. The number of thiazole rings is 1. The SMILES string of the molecule is COc1ccc2nc(-n3nc(C)cc3NC(=O)CNC(=O)c3ccc(Cl)cc3)sc2c1. The summed E-state index contributed by atoms with van der Waals surface area (Å²) in [6, 6.07) is 13.8. The standard InChI is InChI=1S/C21H18ClN5O3S/c1-12-9-18(25-19(28)11-23-20(29)13-3-5-14(22)6-4-13)27(26-12)21-24-16-8-7-15(30-2)10-17(16)31-21/h3-10H,11H2,1-2H3,(H,23,29)(H,25,28). The molecule has 2 heterocycles. The van der Waals surface area contributed by atoms with Gasteiger partial charge in [0.25, 0.3) is 5.91 Å². The molecule has 0 saturated heterocycles. The van der Waals surface area contributed by atoms with Crippen LogP contribution < -0.4 is 15.4 Å². The number of aromatic nitrogens is 3. The average molecular weight is 456 g/mol. The first kappa shape index (κ1) is 20.8. The van der Waals surface area contributed by atoms with Crippen molar-refractivity contribution in [1.29, 1.82) is 0 Å². The number of hydrogen-bond acceptors (Lipinski definition) is 6. The van der Waals surface area contributed by atoms with Gasteiger partial charge in [-0.3, -0.25) is 9.59 Å². The number of fused-ring (bicyclic) bond motifs is 1. The minimum Gasteiger partial charge on any atom is -0.497 e. The molecule has 0 bridgehead atoms. The Labute approximate surface area is 186 Å². The fourth-order valence-corrected chi connectivity index (χ4v) is 3.98. The zero-order chi connectivity index (χ0) is 22.0. The Kier molecular flexibility index (Phi) is 5.88. The predicted octanol–water partition coefficient (Wildman–Crippen LogP) is 3.82. The predicted molar refractivity (Wildman–Crippen MR) is 120 cm³/mol. The first-order valence-electron chi connectivity index (χ1n) is 9.28. The van der Waals surface area contributed by atoms with Crippen LogP contribution >= 0.6 is 22.9 Å². The molecule has 2 amide bonds. The smallest absolute Gasteiger partial charge is 0.251 e. The van der Waals surface area contributed by atoms with Gasteiger partial charge in [0.15, 0.2) is 0 Å². The summed E-state index contributed by atoms with van der Waals surface area (Å²) >= 11 is 7.26. The van der Waals surface area contributed by atoms with Crippen molar-refractivity contribution in [3.05, 3.63) is 64.8 Å². The van der Waals surface area contributed by atoms with Crippen molar-refractivity contribution in [1.82, 2.24) is 20.1 Å². The van der Waals surface area contributed by atoms with Crippen molar-refractivity contribution >= 4 is 50.8 Å². The molecule has 0 aliphatic heterocycles. The zero-order valence-corrected chi connectivity index (χ0v) is 18.3. The van der Waals surface area contributed by atoms with Gasteiger partial charge in [0.1, 0.15) is 11.6 Å². The number of rotatable bonds is 6. The molecule has 0 aliphatic rings. The van der Waals surface area contributed by atoms with E-state index in [9.17, 15) is 9.59 Å². The van der Waals surface area contributed by atoms with Gasteiger partial charge in [0.2, 0.25) is 11.0 Å². The third kappa shape index (κ3) is 4.68. The van der Waals surface area contributed by atoms with Crippen LogP contribution in [0.15, 0.2) is 48.5 Å². The molecule has 4 aromatic rings. The van der Waals surface area contributed by atoms with Crippen LogP contribution in [-0.2, 0) is 4.79 Å². The molecule has 0 radical (unpaired) electrons. The summed E-state index contributed by atoms with van der Waals surface area (Å²) in [5, 5.41) is 11.0. The molecular weight excluding hydrogens is 438 g/mol. The lowest BCUT2D eigenvalue weighted by atomic mass is 10.2. The topological polar surface area (TPSA) is 98.1 Å². The maximum Gasteiger partial charge on any atom is 0.251 e. The number of carbonyl (C=O) groups is 2. The van der Waals surface area contributed by atoms with Gasteiger partial charge in [-0.1, -0.05) is 22.9 Å². The van der Waals surface area contributed by atoms with E-state index in [-0.39, 0.29) is 18.4 Å². The van der Waals surface area contributed by atoms with Crippen molar-refractivity contribution in [3.8, 4) is 10.9 Å². The number of hydrogen-bond donors (Lipinski definition) is 2. The Bertz CT molecular complexity index is 1270. The summed E-state index contributed by atoms with van der Waals surface area (Å²) in [5.41, 5.74) is 1.95. The lowest BCUT2D eigenvalue weighted by molar-refractivity contribution is -0.115. The first-order chi connectivity index (χ1) is 14.9. The minimum absolute atomic E-state index is 0.192. The van der Waals surface area contributed by atoms with Crippen LogP contribution in [0, 0.1) is 6.92 Å². The largest absolute Gasteiger partial charge is 0.497 e. The van der Waals surface area contributed by atoms with E-state index in [1.807, 2.05) is 25.1 Å². The van der Waals surface area contributed by atoms with Gasteiger partial charge in [-0.25, -0.2) is 4.98 Å². The van der Waals surface area contributed by atoms with Crippen LogP contribution in [-0.4, -0.2) is 40.2 Å². The molecule has 0 saturated carbocycles. The lowest BCUT2D eigenvalue weighted by Gasteiger charge is -2.08. The minimum atomic E-state index is -0.383. The monoisotopic (exact) mass is 455 g/mol. The van der Waals surface area contributed by atoms with Gasteiger partial charge in [-0.15, -0.1) is 0 Å². The van der Waals surface area contributed by atoms with Gasteiger partial charge in [-0.2, -0.15) is 9.78 Å². The number of carbonyl (C=O) groups excluding carboxylic acids is 2. The van der Waals surface area contributed by atoms with E-state index >= 15 is 0 Å². The third-order valence-corrected chi connectivity index (χ3v) is 5.63. The van der Waals surface area contributed by atoms with E-state index < -0.39 is 0 Å². The molecule has 0 spiro atoms. The number of methoxy groups -OCH3 is 1. The van der Waals surface area contributed by atoms with Gasteiger partial charge in [-0.05, 0) is 49.4 Å². The maximum atomic E-state index is 12.4. The second kappa shape index (κ2) is 8.75. The van der Waals surface area contributed by atoms with E-state index in [0.717, 1.165) is 21.7 Å². The molecule has 158 valence electrons. The van der Waals surface area contributed by atoms with Crippen LogP contribution in [0.25, 0.3) is 15.3 Å². The number of anilines is 1.